The molecule has 0 fully saturated rings. The molecule has 3 heterocycles. The molecule has 4 aromatic rings. The zero-order valence-corrected chi connectivity index (χ0v) is 12.2. The van der Waals surface area contributed by atoms with Crippen molar-refractivity contribution in [3.63, 3.8) is 0 Å². The number of benzene rings is 1. The molecule has 24 heavy (non-hydrogen) atoms. The smallest absolute Gasteiger partial charge is 0.287 e. The Hall–Kier alpha value is -3.79. The fourth-order valence-corrected chi connectivity index (χ4v) is 2.72. The maximum atomic E-state index is 10.9. The van der Waals surface area contributed by atoms with E-state index in [0.29, 0.717) is 16.9 Å². The van der Waals surface area contributed by atoms with E-state index in [9.17, 15) is 10.1 Å². The molecule has 1 N–H and O–H groups in total. The molecule has 114 valence electrons. The summed E-state index contributed by atoms with van der Waals surface area (Å²) in [7, 11) is 0. The second-order valence-electron chi connectivity index (χ2n) is 5.24. The van der Waals surface area contributed by atoms with Crippen molar-refractivity contribution in [2.45, 2.75) is 0 Å². The number of H-pyrrole nitrogens is 1. The Morgan fingerprint density at radius 3 is 2.83 bits per heavy atom. The summed E-state index contributed by atoms with van der Waals surface area (Å²) in [4.78, 5) is 22.3. The van der Waals surface area contributed by atoms with Gasteiger partial charge in [-0.25, -0.2) is 4.98 Å². The van der Waals surface area contributed by atoms with E-state index >= 15 is 0 Å². The van der Waals surface area contributed by atoms with Crippen molar-refractivity contribution in [2.24, 2.45) is 0 Å². The van der Waals surface area contributed by atoms with Gasteiger partial charge in [0.15, 0.2) is 0 Å². The number of nitriles is 1. The fraction of sp³-hybridized carbons (Fsp3) is 0. The lowest BCUT2D eigenvalue weighted by Crippen LogP contribution is -1.93. The number of hydrogen-bond donors (Lipinski definition) is 1. The summed E-state index contributed by atoms with van der Waals surface area (Å²) in [5, 5.41) is 22.0. The summed E-state index contributed by atoms with van der Waals surface area (Å²) in [5.74, 6) is 0. The number of rotatable bonds is 2. The topological polar surface area (TPSA) is 108 Å². The van der Waals surface area contributed by atoms with Crippen LogP contribution in [-0.2, 0) is 0 Å². The highest BCUT2D eigenvalue weighted by molar-refractivity contribution is 6.05. The molecule has 0 bridgehead atoms. The van der Waals surface area contributed by atoms with E-state index in [4.69, 9.17) is 5.26 Å². The Labute approximate surface area is 135 Å². The third-order valence-corrected chi connectivity index (χ3v) is 3.87. The monoisotopic (exact) mass is 315 g/mol. The lowest BCUT2D eigenvalue weighted by Gasteiger charge is -2.02. The molecule has 0 atom stereocenters. The van der Waals surface area contributed by atoms with Crippen molar-refractivity contribution in [3.05, 3.63) is 64.5 Å². The van der Waals surface area contributed by atoms with Gasteiger partial charge >= 0.3 is 0 Å². The van der Waals surface area contributed by atoms with Crippen LogP contribution < -0.4 is 0 Å². The maximum Gasteiger partial charge on any atom is 0.287 e. The number of nitrogens with one attached hydrogen (secondary N) is 1. The molecule has 7 heteroatoms. The number of pyridine rings is 2. The van der Waals surface area contributed by atoms with Gasteiger partial charge in [-0.05, 0) is 30.3 Å². The fourth-order valence-electron chi connectivity index (χ4n) is 2.72. The van der Waals surface area contributed by atoms with Crippen LogP contribution in [0.15, 0.2) is 48.8 Å². The first-order valence-corrected chi connectivity index (χ1v) is 7.09. The van der Waals surface area contributed by atoms with E-state index in [-0.39, 0.29) is 11.3 Å². The number of hydrogen-bond acceptors (Lipinski definition) is 5. The average molecular weight is 315 g/mol. The van der Waals surface area contributed by atoms with Gasteiger partial charge in [-0.3, -0.25) is 15.1 Å². The molecule has 1 aromatic carbocycles. The Bertz CT molecular complexity index is 1160. The molecule has 7 nitrogen and oxygen atoms in total. The van der Waals surface area contributed by atoms with Gasteiger partial charge in [0.05, 0.1) is 16.1 Å². The molecule has 0 saturated carbocycles. The quantitative estimate of drug-likeness (QED) is 0.449. The molecule has 0 unspecified atom stereocenters. The number of fused-ring (bicyclic) bond motifs is 3. The van der Waals surface area contributed by atoms with E-state index in [0.717, 1.165) is 16.3 Å². The predicted molar refractivity (Wildman–Crippen MR) is 88.2 cm³/mol. The van der Waals surface area contributed by atoms with E-state index < -0.39 is 4.92 Å². The highest BCUT2D eigenvalue weighted by atomic mass is 16.6. The van der Waals surface area contributed by atoms with Crippen LogP contribution in [0.5, 0.6) is 0 Å². The molecule has 0 aliphatic heterocycles. The van der Waals surface area contributed by atoms with Crippen molar-refractivity contribution in [1.82, 2.24) is 15.0 Å². The van der Waals surface area contributed by atoms with Crippen molar-refractivity contribution in [1.29, 1.82) is 5.26 Å². The molecule has 0 spiro atoms. The van der Waals surface area contributed by atoms with Crippen LogP contribution in [0.25, 0.3) is 33.2 Å². The van der Waals surface area contributed by atoms with E-state index in [1.165, 1.54) is 12.1 Å². The van der Waals surface area contributed by atoms with Crippen LogP contribution >= 0.6 is 0 Å². The van der Waals surface area contributed by atoms with Crippen LogP contribution in [-0.4, -0.2) is 19.9 Å². The highest BCUT2D eigenvalue weighted by Gasteiger charge is 2.15. The molecule has 0 aliphatic carbocycles. The summed E-state index contributed by atoms with van der Waals surface area (Å²) in [6.45, 7) is 0. The van der Waals surface area contributed by atoms with Crippen LogP contribution in [0.2, 0.25) is 0 Å². The second kappa shape index (κ2) is 5.14. The number of nitrogens with zero attached hydrogens (tertiary/aromatic N) is 4. The van der Waals surface area contributed by atoms with Gasteiger partial charge < -0.3 is 4.98 Å². The minimum atomic E-state index is -0.566. The van der Waals surface area contributed by atoms with Gasteiger partial charge in [-0.2, -0.15) is 5.26 Å². The summed E-state index contributed by atoms with van der Waals surface area (Å²) in [6, 6.07) is 11.9. The number of aromatic amines is 1. The van der Waals surface area contributed by atoms with Gasteiger partial charge in [0.1, 0.15) is 17.3 Å². The maximum absolute atomic E-state index is 10.9. The summed E-state index contributed by atoms with van der Waals surface area (Å²) < 4.78 is 0. The SMILES string of the molecule is N#Cc1cc(-c2ccc3c(n2)[nH]c2ccncc23)ccc1[N+](=O)[O-]. The Morgan fingerprint density at radius 1 is 1.17 bits per heavy atom. The standard InChI is InChI=1S/C17H9N5O2/c18-8-11-7-10(1-4-16(11)22(23)24)14-3-2-12-13-9-19-6-5-15(13)21-17(12)20-14/h1-7,9H,(H,20,21). The molecule has 0 radical (unpaired) electrons. The van der Waals surface area contributed by atoms with Gasteiger partial charge in [-0.1, -0.05) is 0 Å². The van der Waals surface area contributed by atoms with Gasteiger partial charge in [0.25, 0.3) is 5.69 Å². The summed E-state index contributed by atoms with van der Waals surface area (Å²) in [5.41, 5.74) is 2.72. The largest absolute Gasteiger partial charge is 0.339 e. The first-order chi connectivity index (χ1) is 11.7. The van der Waals surface area contributed by atoms with Gasteiger partial charge in [0, 0.05) is 34.8 Å². The third-order valence-electron chi connectivity index (χ3n) is 3.87. The summed E-state index contributed by atoms with van der Waals surface area (Å²) >= 11 is 0. The van der Waals surface area contributed by atoms with E-state index in [2.05, 4.69) is 15.0 Å². The van der Waals surface area contributed by atoms with Crippen molar-refractivity contribution in [2.75, 3.05) is 0 Å². The molecule has 0 saturated heterocycles. The van der Waals surface area contributed by atoms with Crippen molar-refractivity contribution in [3.8, 4) is 17.3 Å². The first-order valence-electron chi connectivity index (χ1n) is 7.09. The Kier molecular flexibility index (Phi) is 2.96. The number of nitro groups is 1. The molecule has 0 aliphatic rings. The number of aromatic nitrogens is 3. The van der Waals surface area contributed by atoms with Crippen LogP contribution in [0.1, 0.15) is 5.56 Å². The van der Waals surface area contributed by atoms with Crippen LogP contribution in [0.4, 0.5) is 5.69 Å². The molecule has 3 aromatic heterocycles. The van der Waals surface area contributed by atoms with Gasteiger partial charge in [-0.15, -0.1) is 0 Å². The minimum Gasteiger partial charge on any atom is -0.339 e. The zero-order chi connectivity index (χ0) is 16.7. The first kappa shape index (κ1) is 13.8. The third kappa shape index (κ3) is 2.06. The molecule has 4 rings (SSSR count). The zero-order valence-electron chi connectivity index (χ0n) is 12.2. The lowest BCUT2D eigenvalue weighted by atomic mass is 10.1. The minimum absolute atomic E-state index is 0.0141. The van der Waals surface area contributed by atoms with Crippen molar-refractivity contribution < 1.29 is 4.92 Å². The molecule has 0 amide bonds. The average Bonchev–Trinajstić information content (AvgIpc) is 2.98. The molecular weight excluding hydrogens is 306 g/mol. The number of nitro benzene ring substituents is 1. The van der Waals surface area contributed by atoms with E-state index in [1.807, 2.05) is 24.3 Å². The normalized spacial score (nSPS) is 10.8. The summed E-state index contributed by atoms with van der Waals surface area (Å²) in [6.07, 6.45) is 3.48. The molecular formula is C17H9N5O2. The highest BCUT2D eigenvalue weighted by Crippen LogP contribution is 2.29. The lowest BCUT2D eigenvalue weighted by molar-refractivity contribution is -0.385. The predicted octanol–water partition coefficient (Wildman–Crippen LogP) is 3.56. The van der Waals surface area contributed by atoms with Crippen LogP contribution in [0.3, 0.4) is 0 Å². The second-order valence-corrected chi connectivity index (χ2v) is 5.24. The Morgan fingerprint density at radius 2 is 2.04 bits per heavy atom. The van der Waals surface area contributed by atoms with Crippen LogP contribution in [0, 0.1) is 21.4 Å². The Balaban J connectivity index is 1.89. The van der Waals surface area contributed by atoms with Crippen molar-refractivity contribution >= 4 is 27.6 Å². The van der Waals surface area contributed by atoms with E-state index in [1.54, 1.807) is 18.5 Å². The van der Waals surface area contributed by atoms with Gasteiger partial charge in [0.2, 0.25) is 0 Å².